The van der Waals surface area contributed by atoms with E-state index in [0.717, 1.165) is 21.9 Å². The zero-order valence-electron chi connectivity index (χ0n) is 10.5. The Morgan fingerprint density at radius 1 is 1.11 bits per heavy atom. The van der Waals surface area contributed by atoms with Gasteiger partial charge in [0, 0.05) is 29.1 Å². The number of hydrogen-bond donors (Lipinski definition) is 0. The maximum atomic E-state index is 12.9. The number of hydrogen-bond acceptors (Lipinski definition) is 1. The van der Waals surface area contributed by atoms with Gasteiger partial charge < -0.3 is 4.90 Å². The molecule has 0 aliphatic rings. The van der Waals surface area contributed by atoms with Crippen molar-refractivity contribution in [1.29, 1.82) is 0 Å². The number of halogens is 3. The van der Waals surface area contributed by atoms with Crippen molar-refractivity contribution in [2.24, 2.45) is 0 Å². The van der Waals surface area contributed by atoms with Crippen molar-refractivity contribution < 1.29 is 4.39 Å². The lowest BCUT2D eigenvalue weighted by Gasteiger charge is -2.22. The molecule has 0 aromatic heterocycles. The topological polar surface area (TPSA) is 3.24 Å². The van der Waals surface area contributed by atoms with Crippen LogP contribution in [0.3, 0.4) is 0 Å². The van der Waals surface area contributed by atoms with Gasteiger partial charge in [-0.3, -0.25) is 0 Å². The van der Waals surface area contributed by atoms with Crippen molar-refractivity contribution in [3.63, 3.8) is 0 Å². The van der Waals surface area contributed by atoms with Gasteiger partial charge in [-0.2, -0.15) is 0 Å². The predicted octanol–water partition coefficient (Wildman–Crippen LogP) is 5.12. The lowest BCUT2D eigenvalue weighted by molar-refractivity contribution is 0.627. The summed E-state index contributed by atoms with van der Waals surface area (Å²) in [6.45, 7) is 0.752. The first-order valence-electron chi connectivity index (χ1n) is 5.90. The van der Waals surface area contributed by atoms with E-state index in [0.29, 0.717) is 0 Å². The van der Waals surface area contributed by atoms with Gasteiger partial charge in [-0.15, -0.1) is 0 Å². The first kappa shape index (κ1) is 14.5. The molecular formula is C15H14Br2FN. The van der Waals surface area contributed by atoms with Crippen LogP contribution in [0.5, 0.6) is 0 Å². The number of nitrogens with zero attached hydrogens (tertiary/aromatic N) is 1. The molecule has 0 bridgehead atoms. The van der Waals surface area contributed by atoms with Crippen LogP contribution in [0.15, 0.2) is 46.9 Å². The highest BCUT2D eigenvalue weighted by Crippen LogP contribution is 2.26. The van der Waals surface area contributed by atoms with E-state index in [1.165, 1.54) is 23.4 Å². The fraction of sp³-hybridized carbons (Fsp3) is 0.200. The highest BCUT2D eigenvalue weighted by atomic mass is 79.9. The normalized spacial score (nSPS) is 10.5. The average Bonchev–Trinajstić information content (AvgIpc) is 2.41. The Balaban J connectivity index is 2.19. The minimum Gasteiger partial charge on any atom is -0.370 e. The molecule has 0 N–H and O–H groups in total. The molecule has 0 unspecified atom stereocenters. The molecule has 0 aliphatic carbocycles. The van der Waals surface area contributed by atoms with Gasteiger partial charge in [-0.05, 0) is 41.5 Å². The van der Waals surface area contributed by atoms with Crippen LogP contribution in [0.4, 0.5) is 10.1 Å². The Kier molecular flexibility index (Phi) is 4.99. The number of anilines is 1. The van der Waals surface area contributed by atoms with Crippen molar-refractivity contribution in [2.45, 2.75) is 11.9 Å². The highest BCUT2D eigenvalue weighted by Gasteiger charge is 2.08. The first-order valence-corrected chi connectivity index (χ1v) is 7.81. The van der Waals surface area contributed by atoms with Crippen molar-refractivity contribution in [3.8, 4) is 0 Å². The van der Waals surface area contributed by atoms with Gasteiger partial charge in [0.15, 0.2) is 0 Å². The molecule has 0 spiro atoms. The van der Waals surface area contributed by atoms with Crippen molar-refractivity contribution >= 4 is 37.5 Å². The van der Waals surface area contributed by atoms with Crippen LogP contribution in [-0.2, 0) is 11.9 Å². The quantitative estimate of drug-likeness (QED) is 0.659. The molecule has 0 atom stereocenters. The molecule has 0 radical (unpaired) electrons. The zero-order chi connectivity index (χ0) is 13.8. The van der Waals surface area contributed by atoms with Crippen LogP contribution in [0.1, 0.15) is 11.1 Å². The van der Waals surface area contributed by atoms with Crippen molar-refractivity contribution in [2.75, 3.05) is 11.9 Å². The third-order valence-corrected chi connectivity index (χ3v) is 4.03. The summed E-state index contributed by atoms with van der Waals surface area (Å²) in [6, 6.07) is 12.8. The fourth-order valence-electron chi connectivity index (χ4n) is 1.98. The van der Waals surface area contributed by atoms with E-state index >= 15 is 0 Å². The van der Waals surface area contributed by atoms with Crippen molar-refractivity contribution in [3.05, 3.63) is 63.9 Å². The second-order valence-corrected chi connectivity index (χ2v) is 5.87. The van der Waals surface area contributed by atoms with Gasteiger partial charge in [0.2, 0.25) is 0 Å². The minimum absolute atomic E-state index is 0.198. The Labute approximate surface area is 129 Å². The third kappa shape index (κ3) is 3.80. The number of benzene rings is 2. The van der Waals surface area contributed by atoms with E-state index in [4.69, 9.17) is 0 Å². The molecule has 1 nitrogen and oxygen atoms in total. The number of rotatable bonds is 4. The smallest absolute Gasteiger partial charge is 0.123 e. The monoisotopic (exact) mass is 385 g/mol. The molecule has 2 aromatic rings. The first-order chi connectivity index (χ1) is 9.10. The van der Waals surface area contributed by atoms with Gasteiger partial charge >= 0.3 is 0 Å². The molecule has 0 saturated carbocycles. The Bertz CT molecular complexity index is 555. The van der Waals surface area contributed by atoms with E-state index in [1.807, 2.05) is 25.2 Å². The van der Waals surface area contributed by atoms with Crippen LogP contribution in [0, 0.1) is 5.82 Å². The van der Waals surface area contributed by atoms with Gasteiger partial charge in [0.05, 0.1) is 0 Å². The molecule has 2 rings (SSSR count). The summed E-state index contributed by atoms with van der Waals surface area (Å²) in [5, 5.41) is 0.801. The van der Waals surface area contributed by atoms with E-state index < -0.39 is 0 Å². The summed E-state index contributed by atoms with van der Waals surface area (Å²) in [7, 11) is 2.04. The van der Waals surface area contributed by atoms with Crippen molar-refractivity contribution in [1.82, 2.24) is 0 Å². The fourth-order valence-corrected chi connectivity index (χ4v) is 2.84. The summed E-state index contributed by atoms with van der Waals surface area (Å²) in [5.74, 6) is -0.198. The van der Waals surface area contributed by atoms with Gasteiger partial charge in [0.25, 0.3) is 0 Å². The highest BCUT2D eigenvalue weighted by molar-refractivity contribution is 9.10. The van der Waals surface area contributed by atoms with Gasteiger partial charge in [0.1, 0.15) is 5.82 Å². The zero-order valence-corrected chi connectivity index (χ0v) is 13.7. The minimum atomic E-state index is -0.198. The second kappa shape index (κ2) is 6.53. The Hall–Kier alpha value is -0.870. The van der Waals surface area contributed by atoms with Gasteiger partial charge in [-0.1, -0.05) is 44.0 Å². The summed E-state index contributed by atoms with van der Waals surface area (Å²) in [6.07, 6.45) is 0. The maximum Gasteiger partial charge on any atom is 0.123 e. The largest absolute Gasteiger partial charge is 0.370 e. The summed E-state index contributed by atoms with van der Waals surface area (Å²) < 4.78 is 14.0. The summed E-state index contributed by atoms with van der Waals surface area (Å²) in [4.78, 5) is 2.16. The van der Waals surface area contributed by atoms with Gasteiger partial charge in [-0.25, -0.2) is 4.39 Å². The predicted molar refractivity (Wildman–Crippen MR) is 85.3 cm³/mol. The summed E-state index contributed by atoms with van der Waals surface area (Å²) >= 11 is 6.99. The molecule has 0 saturated heterocycles. The molecule has 0 amide bonds. The van der Waals surface area contributed by atoms with Crippen LogP contribution in [0.2, 0.25) is 0 Å². The molecule has 0 heterocycles. The molecule has 100 valence electrons. The molecule has 0 fully saturated rings. The Morgan fingerprint density at radius 3 is 2.42 bits per heavy atom. The van der Waals surface area contributed by atoms with Crippen LogP contribution in [0.25, 0.3) is 0 Å². The van der Waals surface area contributed by atoms with E-state index in [2.05, 4.69) is 48.9 Å². The molecule has 2 aromatic carbocycles. The molecule has 4 heteroatoms. The van der Waals surface area contributed by atoms with E-state index in [-0.39, 0.29) is 5.82 Å². The van der Waals surface area contributed by atoms with E-state index in [1.54, 1.807) is 0 Å². The summed E-state index contributed by atoms with van der Waals surface area (Å²) in [5.41, 5.74) is 3.48. The second-order valence-electron chi connectivity index (χ2n) is 4.39. The van der Waals surface area contributed by atoms with Crippen LogP contribution < -0.4 is 4.90 Å². The lowest BCUT2D eigenvalue weighted by Crippen LogP contribution is -2.17. The maximum absolute atomic E-state index is 12.9. The SMILES string of the molecule is CN(Cc1ccc(F)cc1)c1ccc(Br)cc1CBr. The lowest BCUT2D eigenvalue weighted by atomic mass is 10.1. The molecule has 19 heavy (non-hydrogen) atoms. The van der Waals surface area contributed by atoms with Crippen LogP contribution in [-0.4, -0.2) is 7.05 Å². The molecular weight excluding hydrogens is 373 g/mol. The van der Waals surface area contributed by atoms with E-state index in [9.17, 15) is 4.39 Å². The average molecular weight is 387 g/mol. The van der Waals surface area contributed by atoms with Crippen LogP contribution >= 0.6 is 31.9 Å². The number of alkyl halides is 1. The Morgan fingerprint density at radius 2 is 1.79 bits per heavy atom. The third-order valence-electron chi connectivity index (χ3n) is 2.93. The molecule has 0 aliphatic heterocycles. The standard InChI is InChI=1S/C15H14Br2FN/c1-19(10-11-2-5-14(18)6-3-11)15-7-4-13(17)8-12(15)9-16/h2-8H,9-10H2,1H3.